The molecule has 7 heteroatoms. The minimum absolute atomic E-state index is 0.144. The van der Waals surface area contributed by atoms with Crippen molar-refractivity contribution in [2.45, 2.75) is 33.0 Å². The van der Waals surface area contributed by atoms with E-state index < -0.39 is 0 Å². The summed E-state index contributed by atoms with van der Waals surface area (Å²) < 4.78 is 4.31. The van der Waals surface area contributed by atoms with Crippen molar-refractivity contribution in [2.24, 2.45) is 0 Å². The molecule has 0 saturated heterocycles. The summed E-state index contributed by atoms with van der Waals surface area (Å²) in [7, 11) is 0. The summed E-state index contributed by atoms with van der Waals surface area (Å²) in [5.41, 5.74) is 0.423. The van der Waals surface area contributed by atoms with Crippen molar-refractivity contribution in [1.29, 1.82) is 0 Å². The SMILES string of the molecule is CC[C@@H](C)NC(=O)c1ccn(Cn2cc(Br)cn2)n1. The van der Waals surface area contributed by atoms with Crippen molar-refractivity contribution >= 4 is 21.8 Å². The second-order valence-electron chi connectivity index (χ2n) is 4.36. The summed E-state index contributed by atoms with van der Waals surface area (Å²) >= 11 is 3.33. The molecule has 1 atom stereocenters. The first-order valence-electron chi connectivity index (χ1n) is 6.10. The molecule has 1 amide bonds. The van der Waals surface area contributed by atoms with Crippen molar-refractivity contribution in [3.63, 3.8) is 0 Å². The van der Waals surface area contributed by atoms with Gasteiger partial charge in [0, 0.05) is 18.4 Å². The number of nitrogens with zero attached hydrogens (tertiary/aromatic N) is 4. The predicted molar refractivity (Wildman–Crippen MR) is 74.8 cm³/mol. The molecule has 1 N–H and O–H groups in total. The van der Waals surface area contributed by atoms with E-state index in [4.69, 9.17) is 0 Å². The highest BCUT2D eigenvalue weighted by molar-refractivity contribution is 9.10. The van der Waals surface area contributed by atoms with Crippen LogP contribution in [0.15, 0.2) is 29.1 Å². The van der Waals surface area contributed by atoms with Crippen molar-refractivity contribution in [2.75, 3.05) is 0 Å². The van der Waals surface area contributed by atoms with E-state index in [1.807, 2.05) is 20.0 Å². The highest BCUT2D eigenvalue weighted by Gasteiger charge is 2.11. The van der Waals surface area contributed by atoms with Crippen LogP contribution in [-0.4, -0.2) is 31.5 Å². The number of halogens is 1. The van der Waals surface area contributed by atoms with E-state index in [2.05, 4.69) is 31.4 Å². The summed E-state index contributed by atoms with van der Waals surface area (Å²) in [6, 6.07) is 1.86. The van der Waals surface area contributed by atoms with Gasteiger partial charge in [0.1, 0.15) is 12.4 Å². The Bertz CT molecular complexity index is 562. The van der Waals surface area contributed by atoms with Crippen LogP contribution in [-0.2, 0) is 6.67 Å². The van der Waals surface area contributed by atoms with Gasteiger partial charge in [0.2, 0.25) is 0 Å². The third-order valence-electron chi connectivity index (χ3n) is 2.75. The molecule has 0 aliphatic heterocycles. The lowest BCUT2D eigenvalue weighted by Crippen LogP contribution is -2.32. The van der Waals surface area contributed by atoms with Crippen LogP contribution in [0.4, 0.5) is 0 Å². The van der Waals surface area contributed by atoms with Gasteiger partial charge >= 0.3 is 0 Å². The Morgan fingerprint density at radius 1 is 1.53 bits per heavy atom. The third-order valence-corrected chi connectivity index (χ3v) is 3.16. The maximum atomic E-state index is 11.9. The number of aromatic nitrogens is 4. The van der Waals surface area contributed by atoms with Gasteiger partial charge in [-0.15, -0.1) is 0 Å². The lowest BCUT2D eigenvalue weighted by atomic mass is 10.2. The number of hydrogen-bond acceptors (Lipinski definition) is 3. The van der Waals surface area contributed by atoms with Gasteiger partial charge in [-0.25, -0.2) is 4.68 Å². The molecule has 2 heterocycles. The average Bonchev–Trinajstić information content (AvgIpc) is 2.99. The summed E-state index contributed by atoms with van der Waals surface area (Å²) in [5.74, 6) is -0.144. The van der Waals surface area contributed by atoms with E-state index in [0.717, 1.165) is 10.9 Å². The van der Waals surface area contributed by atoms with Gasteiger partial charge in [-0.05, 0) is 35.3 Å². The predicted octanol–water partition coefficient (Wildman–Crippen LogP) is 1.88. The molecule has 2 aromatic rings. The quantitative estimate of drug-likeness (QED) is 0.912. The molecule has 0 radical (unpaired) electrons. The Kier molecular flexibility index (Phi) is 4.36. The molecule has 0 aromatic carbocycles. The van der Waals surface area contributed by atoms with E-state index in [1.54, 1.807) is 27.8 Å². The Hall–Kier alpha value is -1.63. The molecule has 2 rings (SSSR count). The van der Waals surface area contributed by atoms with Gasteiger partial charge in [0.25, 0.3) is 5.91 Å². The number of carbonyl (C=O) groups excluding carboxylic acids is 1. The first-order chi connectivity index (χ1) is 9.08. The molecule has 0 aliphatic rings. The van der Waals surface area contributed by atoms with Gasteiger partial charge < -0.3 is 5.32 Å². The largest absolute Gasteiger partial charge is 0.348 e. The summed E-state index contributed by atoms with van der Waals surface area (Å²) in [5, 5.41) is 11.2. The van der Waals surface area contributed by atoms with Crippen LogP contribution in [0.5, 0.6) is 0 Å². The van der Waals surface area contributed by atoms with Gasteiger partial charge in [0.15, 0.2) is 0 Å². The zero-order chi connectivity index (χ0) is 13.8. The van der Waals surface area contributed by atoms with Gasteiger partial charge in [-0.2, -0.15) is 10.2 Å². The standard InChI is InChI=1S/C12H16BrN5O/c1-3-9(2)15-12(19)11-4-5-17(16-11)8-18-7-10(13)6-14-18/h4-7,9H,3,8H2,1-2H3,(H,15,19)/t9-/m1/s1. The molecule has 0 saturated carbocycles. The van der Waals surface area contributed by atoms with Gasteiger partial charge in [-0.3, -0.25) is 9.48 Å². The van der Waals surface area contributed by atoms with Crippen LogP contribution in [0.2, 0.25) is 0 Å². The lowest BCUT2D eigenvalue weighted by molar-refractivity contribution is 0.0933. The molecule has 0 unspecified atom stereocenters. The Morgan fingerprint density at radius 2 is 2.32 bits per heavy atom. The molecule has 102 valence electrons. The molecule has 19 heavy (non-hydrogen) atoms. The minimum atomic E-state index is -0.144. The summed E-state index contributed by atoms with van der Waals surface area (Å²) in [4.78, 5) is 11.9. The third kappa shape index (κ3) is 3.66. The Balaban J connectivity index is 2.00. The van der Waals surface area contributed by atoms with Crippen molar-refractivity contribution in [3.05, 3.63) is 34.8 Å². The topological polar surface area (TPSA) is 64.7 Å². The maximum absolute atomic E-state index is 11.9. The van der Waals surface area contributed by atoms with Crippen LogP contribution in [0.1, 0.15) is 30.8 Å². The average molecular weight is 326 g/mol. The number of carbonyl (C=O) groups is 1. The molecular formula is C12H16BrN5O. The molecule has 0 fully saturated rings. The fraction of sp³-hybridized carbons (Fsp3) is 0.417. The molecule has 0 bridgehead atoms. The molecule has 6 nitrogen and oxygen atoms in total. The van der Waals surface area contributed by atoms with E-state index in [9.17, 15) is 4.79 Å². The minimum Gasteiger partial charge on any atom is -0.348 e. The smallest absolute Gasteiger partial charge is 0.271 e. The van der Waals surface area contributed by atoms with Crippen molar-refractivity contribution < 1.29 is 4.79 Å². The zero-order valence-electron chi connectivity index (χ0n) is 10.9. The number of hydrogen-bond donors (Lipinski definition) is 1. The van der Waals surface area contributed by atoms with Crippen molar-refractivity contribution in [3.8, 4) is 0 Å². The maximum Gasteiger partial charge on any atom is 0.271 e. The number of nitrogens with one attached hydrogen (secondary N) is 1. The second-order valence-corrected chi connectivity index (χ2v) is 5.28. The highest BCUT2D eigenvalue weighted by atomic mass is 79.9. The second kappa shape index (κ2) is 6.01. The molecule has 0 aliphatic carbocycles. The Labute approximate surface area is 119 Å². The lowest BCUT2D eigenvalue weighted by Gasteiger charge is -2.09. The first kappa shape index (κ1) is 13.8. The van der Waals surface area contributed by atoms with Crippen LogP contribution >= 0.6 is 15.9 Å². The summed E-state index contributed by atoms with van der Waals surface area (Å²) in [6.07, 6.45) is 6.22. The number of amides is 1. The summed E-state index contributed by atoms with van der Waals surface area (Å²) in [6.45, 7) is 4.47. The Morgan fingerprint density at radius 3 is 2.95 bits per heavy atom. The molecule has 2 aromatic heterocycles. The van der Waals surface area contributed by atoms with Gasteiger partial charge in [0.05, 0.1) is 10.7 Å². The monoisotopic (exact) mass is 325 g/mol. The van der Waals surface area contributed by atoms with Crippen LogP contribution in [0, 0.1) is 0 Å². The van der Waals surface area contributed by atoms with E-state index in [0.29, 0.717) is 12.4 Å². The first-order valence-corrected chi connectivity index (χ1v) is 6.90. The molecular weight excluding hydrogens is 310 g/mol. The van der Waals surface area contributed by atoms with E-state index in [-0.39, 0.29) is 11.9 Å². The fourth-order valence-corrected chi connectivity index (χ4v) is 1.85. The van der Waals surface area contributed by atoms with Crippen LogP contribution in [0.3, 0.4) is 0 Å². The van der Waals surface area contributed by atoms with Crippen LogP contribution < -0.4 is 5.32 Å². The normalized spacial score (nSPS) is 12.4. The fourth-order valence-electron chi connectivity index (χ4n) is 1.53. The van der Waals surface area contributed by atoms with Gasteiger partial charge in [-0.1, -0.05) is 6.92 Å². The highest BCUT2D eigenvalue weighted by Crippen LogP contribution is 2.06. The van der Waals surface area contributed by atoms with Crippen LogP contribution in [0.25, 0.3) is 0 Å². The van der Waals surface area contributed by atoms with E-state index >= 15 is 0 Å². The van der Waals surface area contributed by atoms with Crippen molar-refractivity contribution in [1.82, 2.24) is 24.9 Å². The zero-order valence-corrected chi connectivity index (χ0v) is 12.5. The number of rotatable bonds is 5. The van der Waals surface area contributed by atoms with E-state index in [1.165, 1.54) is 0 Å². The molecule has 0 spiro atoms.